The number of carbonyl (C=O) groups excluding carboxylic acids is 2. The largest absolute Gasteiger partial charge is 0.371 e. The van der Waals surface area contributed by atoms with E-state index >= 15 is 0 Å². The molecule has 40 heavy (non-hydrogen) atoms. The van der Waals surface area contributed by atoms with Crippen molar-refractivity contribution in [2.24, 2.45) is 11.8 Å². The Morgan fingerprint density at radius 2 is 1.55 bits per heavy atom. The van der Waals surface area contributed by atoms with E-state index in [0.717, 1.165) is 50.0 Å². The Balaban J connectivity index is 1.26. The summed E-state index contributed by atoms with van der Waals surface area (Å²) in [6.45, 7) is 2.06. The Morgan fingerprint density at radius 3 is 2.27 bits per heavy atom. The molecule has 1 saturated carbocycles. The van der Waals surface area contributed by atoms with Gasteiger partial charge in [0.05, 0.1) is 5.56 Å². The number of piperidine rings is 1. The minimum atomic E-state index is -0.301. The fourth-order valence-electron chi connectivity index (χ4n) is 6.13. The molecule has 5 rings (SSSR count). The van der Waals surface area contributed by atoms with Gasteiger partial charge < -0.3 is 15.5 Å². The molecular formula is C34H40FN3O2. The fraction of sp³-hybridized carbons (Fsp3) is 0.412. The van der Waals surface area contributed by atoms with E-state index in [0.29, 0.717) is 36.1 Å². The van der Waals surface area contributed by atoms with Crippen LogP contribution in [-0.2, 0) is 17.8 Å². The molecule has 210 valence electrons. The summed E-state index contributed by atoms with van der Waals surface area (Å²) in [5.41, 5.74) is 4.28. The summed E-state index contributed by atoms with van der Waals surface area (Å²) in [5, 5.41) is 6.02. The van der Waals surface area contributed by atoms with E-state index in [2.05, 4.69) is 45.9 Å². The molecule has 1 heterocycles. The second-order valence-corrected chi connectivity index (χ2v) is 11.4. The zero-order valence-electron chi connectivity index (χ0n) is 23.2. The van der Waals surface area contributed by atoms with Gasteiger partial charge in [-0.15, -0.1) is 0 Å². The molecule has 0 unspecified atom stereocenters. The van der Waals surface area contributed by atoms with Crippen LogP contribution in [-0.4, -0.2) is 24.9 Å². The molecule has 0 radical (unpaired) electrons. The van der Waals surface area contributed by atoms with Gasteiger partial charge in [0.1, 0.15) is 5.82 Å². The van der Waals surface area contributed by atoms with Gasteiger partial charge in [0, 0.05) is 37.4 Å². The van der Waals surface area contributed by atoms with Crippen LogP contribution in [0.3, 0.4) is 0 Å². The number of nitrogens with zero attached hydrogens (tertiary/aromatic N) is 1. The maximum absolute atomic E-state index is 13.5. The first-order valence-corrected chi connectivity index (χ1v) is 14.8. The zero-order chi connectivity index (χ0) is 27.7. The van der Waals surface area contributed by atoms with Crippen LogP contribution >= 0.6 is 0 Å². The highest BCUT2D eigenvalue weighted by molar-refractivity contribution is 6.02. The van der Waals surface area contributed by atoms with Gasteiger partial charge in [-0.1, -0.05) is 68.1 Å². The lowest BCUT2D eigenvalue weighted by Gasteiger charge is -2.35. The molecule has 3 aromatic carbocycles. The van der Waals surface area contributed by atoms with Crippen molar-refractivity contribution >= 4 is 23.2 Å². The molecule has 0 atom stereocenters. The summed E-state index contributed by atoms with van der Waals surface area (Å²) >= 11 is 0. The van der Waals surface area contributed by atoms with Crippen molar-refractivity contribution in [2.45, 2.75) is 64.3 Å². The topological polar surface area (TPSA) is 61.4 Å². The predicted octanol–water partition coefficient (Wildman–Crippen LogP) is 7.12. The third kappa shape index (κ3) is 7.71. The highest BCUT2D eigenvalue weighted by Gasteiger charge is 2.24. The molecule has 5 nitrogen and oxygen atoms in total. The van der Waals surface area contributed by atoms with E-state index in [4.69, 9.17) is 0 Å². The quantitative estimate of drug-likeness (QED) is 0.287. The van der Waals surface area contributed by atoms with Crippen LogP contribution in [0.2, 0.25) is 0 Å². The summed E-state index contributed by atoms with van der Waals surface area (Å²) in [4.78, 5) is 28.5. The lowest BCUT2D eigenvalue weighted by Crippen LogP contribution is -2.36. The van der Waals surface area contributed by atoms with Crippen molar-refractivity contribution in [1.29, 1.82) is 0 Å². The van der Waals surface area contributed by atoms with Crippen LogP contribution in [0.1, 0.15) is 72.9 Å². The van der Waals surface area contributed by atoms with E-state index in [9.17, 15) is 14.0 Å². The van der Waals surface area contributed by atoms with Gasteiger partial charge in [-0.25, -0.2) is 4.39 Å². The molecule has 0 bridgehead atoms. The van der Waals surface area contributed by atoms with Crippen LogP contribution in [0, 0.1) is 17.7 Å². The normalized spacial score (nSPS) is 16.2. The number of rotatable bonds is 10. The third-order valence-electron chi connectivity index (χ3n) is 8.47. The monoisotopic (exact) mass is 541 g/mol. The van der Waals surface area contributed by atoms with Crippen LogP contribution in [0.4, 0.5) is 15.8 Å². The number of anilines is 2. The number of hydrogen-bond donors (Lipinski definition) is 2. The van der Waals surface area contributed by atoms with Crippen LogP contribution < -0.4 is 15.5 Å². The summed E-state index contributed by atoms with van der Waals surface area (Å²) in [5.74, 6) is 0.773. The Labute approximate surface area is 237 Å². The first-order chi connectivity index (χ1) is 19.5. The standard InChI is InChI=1S/C34H40FN3O2/c35-29-13-10-28(11-14-29)24-36-34(40)31-23-30(37-33(39)17-12-25-6-4-5-7-25)15-16-32(31)38-20-18-27(19-21-38)22-26-8-2-1-3-9-26/h1-3,8-11,13-16,23,25,27H,4-7,12,17-22,24H2,(H,36,40)(H,37,39). The summed E-state index contributed by atoms with van der Waals surface area (Å²) in [6, 6.07) is 22.5. The molecule has 2 fully saturated rings. The lowest BCUT2D eigenvalue weighted by molar-refractivity contribution is -0.116. The van der Waals surface area contributed by atoms with E-state index in [1.807, 2.05) is 12.1 Å². The molecular weight excluding hydrogens is 501 g/mol. The summed E-state index contributed by atoms with van der Waals surface area (Å²) in [7, 11) is 0. The first-order valence-electron chi connectivity index (χ1n) is 14.8. The molecule has 0 spiro atoms. The Kier molecular flexibility index (Phi) is 9.48. The van der Waals surface area contributed by atoms with Gasteiger partial charge in [0.25, 0.3) is 5.91 Å². The van der Waals surface area contributed by atoms with Crippen molar-refractivity contribution < 1.29 is 14.0 Å². The Bertz CT molecular complexity index is 1260. The summed E-state index contributed by atoms with van der Waals surface area (Å²) < 4.78 is 13.3. The van der Waals surface area contributed by atoms with E-state index in [-0.39, 0.29) is 17.6 Å². The third-order valence-corrected chi connectivity index (χ3v) is 8.47. The van der Waals surface area contributed by atoms with Gasteiger partial charge in [-0.05, 0) is 79.0 Å². The number of amides is 2. The van der Waals surface area contributed by atoms with Gasteiger partial charge >= 0.3 is 0 Å². The number of benzene rings is 3. The average Bonchev–Trinajstić information content (AvgIpc) is 3.51. The molecule has 6 heteroatoms. The van der Waals surface area contributed by atoms with E-state index < -0.39 is 0 Å². The van der Waals surface area contributed by atoms with Gasteiger partial charge in [-0.2, -0.15) is 0 Å². The molecule has 2 aliphatic rings. The van der Waals surface area contributed by atoms with Gasteiger partial charge in [-0.3, -0.25) is 9.59 Å². The molecule has 1 aliphatic carbocycles. The van der Waals surface area contributed by atoms with Crippen molar-refractivity contribution in [3.8, 4) is 0 Å². The number of hydrogen-bond acceptors (Lipinski definition) is 3. The number of nitrogens with one attached hydrogen (secondary N) is 2. The minimum absolute atomic E-state index is 0.000883. The minimum Gasteiger partial charge on any atom is -0.371 e. The Hall–Kier alpha value is -3.67. The predicted molar refractivity (Wildman–Crippen MR) is 159 cm³/mol. The SMILES string of the molecule is O=C(CCC1CCCC1)Nc1ccc(N2CCC(Cc3ccccc3)CC2)c(C(=O)NCc2ccc(F)cc2)c1. The maximum Gasteiger partial charge on any atom is 0.253 e. The smallest absolute Gasteiger partial charge is 0.253 e. The van der Waals surface area contributed by atoms with Gasteiger partial charge in [0.2, 0.25) is 5.91 Å². The second kappa shape index (κ2) is 13.6. The van der Waals surface area contributed by atoms with E-state index in [1.165, 1.54) is 43.4 Å². The highest BCUT2D eigenvalue weighted by Crippen LogP contribution is 2.31. The van der Waals surface area contributed by atoms with Crippen LogP contribution in [0.25, 0.3) is 0 Å². The van der Waals surface area contributed by atoms with Crippen molar-refractivity contribution in [2.75, 3.05) is 23.3 Å². The lowest BCUT2D eigenvalue weighted by atomic mass is 9.89. The molecule has 1 aliphatic heterocycles. The zero-order valence-corrected chi connectivity index (χ0v) is 23.2. The molecule has 2 N–H and O–H groups in total. The number of halogens is 1. The van der Waals surface area contributed by atoms with Crippen LogP contribution in [0.15, 0.2) is 72.8 Å². The van der Waals surface area contributed by atoms with Crippen molar-refractivity contribution in [1.82, 2.24) is 5.32 Å². The molecule has 2 amide bonds. The first kappa shape index (κ1) is 27.9. The van der Waals surface area contributed by atoms with Crippen molar-refractivity contribution in [3.05, 3.63) is 95.3 Å². The second-order valence-electron chi connectivity index (χ2n) is 11.4. The molecule has 3 aromatic rings. The molecule has 0 aromatic heterocycles. The Morgan fingerprint density at radius 1 is 0.825 bits per heavy atom. The fourth-order valence-corrected chi connectivity index (χ4v) is 6.13. The maximum atomic E-state index is 13.5. The van der Waals surface area contributed by atoms with Crippen LogP contribution in [0.5, 0.6) is 0 Å². The average molecular weight is 542 g/mol. The van der Waals surface area contributed by atoms with Gasteiger partial charge in [0.15, 0.2) is 0 Å². The highest BCUT2D eigenvalue weighted by atomic mass is 19.1. The molecule has 1 saturated heterocycles. The summed E-state index contributed by atoms with van der Waals surface area (Å²) in [6.07, 6.45) is 9.62. The van der Waals surface area contributed by atoms with Crippen molar-refractivity contribution in [3.63, 3.8) is 0 Å². The number of carbonyl (C=O) groups is 2. The van der Waals surface area contributed by atoms with E-state index in [1.54, 1.807) is 18.2 Å².